The second-order valence-electron chi connectivity index (χ2n) is 7.79. The average Bonchev–Trinajstić information content (AvgIpc) is 3.24. The lowest BCUT2D eigenvalue weighted by Crippen LogP contribution is -2.67. The van der Waals surface area contributed by atoms with Gasteiger partial charge in [0.05, 0.1) is 10.9 Å². The van der Waals surface area contributed by atoms with Gasteiger partial charge in [-0.05, 0) is 55.6 Å². The minimum Gasteiger partial charge on any atom is -0.467 e. The van der Waals surface area contributed by atoms with Crippen molar-refractivity contribution in [1.82, 2.24) is 4.90 Å². The van der Waals surface area contributed by atoms with E-state index in [0.29, 0.717) is 27.8 Å². The highest BCUT2D eigenvalue weighted by Gasteiger charge is 2.55. The van der Waals surface area contributed by atoms with Crippen LogP contribution in [0.2, 0.25) is 5.02 Å². The van der Waals surface area contributed by atoms with Crippen LogP contribution in [-0.2, 0) is 0 Å². The molecule has 2 aliphatic rings. The molecule has 5 nitrogen and oxygen atoms in total. The second kappa shape index (κ2) is 6.86. The number of benzene rings is 2. The van der Waals surface area contributed by atoms with Crippen LogP contribution in [0.4, 0.5) is 10.5 Å². The first-order valence-electron chi connectivity index (χ1n) is 9.64. The van der Waals surface area contributed by atoms with Gasteiger partial charge in [0, 0.05) is 22.7 Å². The number of carbonyl (C=O) groups is 2. The van der Waals surface area contributed by atoms with Gasteiger partial charge in [-0.1, -0.05) is 35.4 Å². The van der Waals surface area contributed by atoms with Crippen LogP contribution in [-0.4, -0.2) is 22.6 Å². The van der Waals surface area contributed by atoms with E-state index in [2.05, 4.69) is 0 Å². The highest BCUT2D eigenvalue weighted by Crippen LogP contribution is 2.50. The second-order valence-corrected chi connectivity index (χ2v) is 9.17. The molecule has 30 heavy (non-hydrogen) atoms. The van der Waals surface area contributed by atoms with Gasteiger partial charge in [0.2, 0.25) is 0 Å². The summed E-state index contributed by atoms with van der Waals surface area (Å²) in [5, 5.41) is 2.37. The van der Waals surface area contributed by atoms with Crippen LogP contribution in [0.25, 0.3) is 0 Å². The average molecular weight is 439 g/mol. The van der Waals surface area contributed by atoms with Crippen molar-refractivity contribution in [2.75, 3.05) is 4.90 Å². The molecule has 0 radical (unpaired) electrons. The van der Waals surface area contributed by atoms with Crippen molar-refractivity contribution in [3.05, 3.63) is 81.0 Å². The number of thiophene rings is 1. The lowest BCUT2D eigenvalue weighted by molar-refractivity contribution is 0.00284. The lowest BCUT2D eigenvalue weighted by atomic mass is 9.88. The van der Waals surface area contributed by atoms with Gasteiger partial charge in [-0.2, -0.15) is 0 Å². The first kappa shape index (κ1) is 19.2. The minimum atomic E-state index is -0.927. The van der Waals surface area contributed by atoms with E-state index in [9.17, 15) is 9.59 Å². The highest BCUT2D eigenvalue weighted by molar-refractivity contribution is 7.12. The molecule has 0 spiro atoms. The summed E-state index contributed by atoms with van der Waals surface area (Å²) in [5.74, 6) is 0.318. The Morgan fingerprint density at radius 1 is 1.20 bits per heavy atom. The summed E-state index contributed by atoms with van der Waals surface area (Å²) in [6, 6.07) is 15.7. The fraction of sp³-hybridized carbons (Fsp3) is 0.217. The van der Waals surface area contributed by atoms with E-state index in [-0.39, 0.29) is 5.91 Å². The largest absolute Gasteiger partial charge is 0.467 e. The highest BCUT2D eigenvalue weighted by atomic mass is 35.5. The van der Waals surface area contributed by atoms with Crippen LogP contribution < -0.4 is 9.64 Å². The van der Waals surface area contributed by atoms with Crippen molar-refractivity contribution in [3.63, 3.8) is 0 Å². The van der Waals surface area contributed by atoms with Crippen molar-refractivity contribution in [1.29, 1.82) is 0 Å². The number of hydrogen-bond acceptors (Lipinski definition) is 4. The van der Waals surface area contributed by atoms with Crippen LogP contribution in [0.15, 0.2) is 60.0 Å². The number of ether oxygens (including phenoxy) is 1. The Balaban J connectivity index is 1.69. The predicted octanol–water partition coefficient (Wildman–Crippen LogP) is 6.03. The molecule has 1 fully saturated rings. The molecule has 0 N–H and O–H groups in total. The van der Waals surface area contributed by atoms with Gasteiger partial charge < -0.3 is 4.74 Å². The molecule has 152 valence electrons. The van der Waals surface area contributed by atoms with Crippen LogP contribution in [0.3, 0.4) is 0 Å². The third kappa shape index (κ3) is 2.90. The molecule has 0 aliphatic carbocycles. The molecule has 7 heteroatoms. The van der Waals surface area contributed by atoms with Crippen LogP contribution in [0, 0.1) is 6.92 Å². The minimum absolute atomic E-state index is 0.313. The van der Waals surface area contributed by atoms with Gasteiger partial charge in [-0.15, -0.1) is 11.3 Å². The molecule has 1 aromatic heterocycles. The summed E-state index contributed by atoms with van der Waals surface area (Å²) in [6.45, 7) is 3.88. The number of hydrogen-bond donors (Lipinski definition) is 0. The van der Waals surface area contributed by atoms with Crippen LogP contribution in [0.1, 0.15) is 40.2 Å². The maximum absolute atomic E-state index is 13.8. The number of rotatable bonds is 2. The van der Waals surface area contributed by atoms with E-state index in [0.717, 1.165) is 11.1 Å². The Bertz CT molecular complexity index is 1150. The van der Waals surface area contributed by atoms with Crippen LogP contribution in [0.5, 0.6) is 5.75 Å². The third-order valence-electron chi connectivity index (χ3n) is 5.66. The molecular formula is C23H19ClN2O3S. The summed E-state index contributed by atoms with van der Waals surface area (Å²) < 4.78 is 6.34. The molecular weight excluding hydrogens is 420 g/mol. The molecule has 3 heterocycles. The number of urea groups is 1. The summed E-state index contributed by atoms with van der Waals surface area (Å²) in [5.41, 5.74) is 1.60. The maximum atomic E-state index is 13.8. The van der Waals surface area contributed by atoms with Gasteiger partial charge in [0.1, 0.15) is 5.75 Å². The number of halogens is 1. The molecule has 3 amide bonds. The summed E-state index contributed by atoms with van der Waals surface area (Å²) in [4.78, 5) is 30.7. The zero-order valence-electron chi connectivity index (χ0n) is 16.5. The van der Waals surface area contributed by atoms with Gasteiger partial charge >= 0.3 is 6.03 Å². The number of aryl methyl sites for hydroxylation is 1. The predicted molar refractivity (Wildman–Crippen MR) is 117 cm³/mol. The molecule has 2 bridgehead atoms. The maximum Gasteiger partial charge on any atom is 0.335 e. The zero-order valence-corrected chi connectivity index (χ0v) is 18.0. The lowest BCUT2D eigenvalue weighted by Gasteiger charge is -2.53. The number of imide groups is 1. The van der Waals surface area contributed by atoms with Crippen molar-refractivity contribution in [2.24, 2.45) is 0 Å². The van der Waals surface area contributed by atoms with E-state index < -0.39 is 17.8 Å². The van der Waals surface area contributed by atoms with E-state index >= 15 is 0 Å². The SMILES string of the molecule is Cc1ccc(N2C(=O)N(C(=O)c3cccs3)[C@H]3C[C@]2(C)Oc2ccc(Cl)cc23)cc1. The standard InChI is InChI=1S/C23H19ClN2O3S/c1-14-5-8-16(9-6-14)26-22(28)25(21(27)20-4-3-11-30-20)18-13-23(26,2)29-19-10-7-15(24)12-17(18)19/h3-12,18H,13H2,1-2H3/t18-,23-/m0/s1. The molecule has 0 saturated carbocycles. The Morgan fingerprint density at radius 3 is 2.67 bits per heavy atom. The topological polar surface area (TPSA) is 49.9 Å². The van der Waals surface area contributed by atoms with E-state index in [1.807, 2.05) is 49.6 Å². The first-order chi connectivity index (χ1) is 14.4. The number of amides is 3. The Labute approximate surface area is 183 Å². The molecule has 3 aromatic rings. The van der Waals surface area contributed by atoms with Crippen molar-refractivity contribution < 1.29 is 14.3 Å². The van der Waals surface area contributed by atoms with Crippen molar-refractivity contribution >= 4 is 40.6 Å². The van der Waals surface area contributed by atoms with Gasteiger partial charge in [0.25, 0.3) is 5.91 Å². The Kier molecular flexibility index (Phi) is 4.38. The van der Waals surface area contributed by atoms with E-state index in [4.69, 9.17) is 16.3 Å². The molecule has 2 atom stereocenters. The van der Waals surface area contributed by atoms with Gasteiger partial charge in [-0.25, -0.2) is 4.79 Å². The molecule has 5 rings (SSSR count). The summed E-state index contributed by atoms with van der Waals surface area (Å²) in [7, 11) is 0. The Morgan fingerprint density at radius 2 is 1.97 bits per heavy atom. The number of nitrogens with zero attached hydrogens (tertiary/aromatic N) is 2. The quantitative estimate of drug-likeness (QED) is 0.490. The van der Waals surface area contributed by atoms with Gasteiger partial charge in [0.15, 0.2) is 5.72 Å². The van der Waals surface area contributed by atoms with Crippen LogP contribution >= 0.6 is 22.9 Å². The fourth-order valence-electron chi connectivity index (χ4n) is 4.26. The monoisotopic (exact) mass is 438 g/mol. The summed E-state index contributed by atoms with van der Waals surface area (Å²) in [6.07, 6.45) is 0.442. The molecule has 0 unspecified atom stereocenters. The van der Waals surface area contributed by atoms with E-state index in [1.165, 1.54) is 16.2 Å². The fourth-order valence-corrected chi connectivity index (χ4v) is 5.10. The zero-order chi connectivity index (χ0) is 21.0. The molecule has 2 aromatic carbocycles. The third-order valence-corrected chi connectivity index (χ3v) is 6.75. The normalized spacial score (nSPS) is 22.5. The van der Waals surface area contributed by atoms with Gasteiger partial charge in [-0.3, -0.25) is 14.6 Å². The van der Waals surface area contributed by atoms with E-state index in [1.54, 1.807) is 29.2 Å². The molecule has 2 aliphatic heterocycles. The smallest absolute Gasteiger partial charge is 0.335 e. The number of anilines is 1. The first-order valence-corrected chi connectivity index (χ1v) is 10.9. The van der Waals surface area contributed by atoms with Crippen molar-refractivity contribution in [2.45, 2.75) is 32.0 Å². The Hall–Kier alpha value is -2.83. The number of carbonyl (C=O) groups excluding carboxylic acids is 2. The molecule has 1 saturated heterocycles. The van der Waals surface area contributed by atoms with Crippen molar-refractivity contribution in [3.8, 4) is 5.75 Å². The number of fused-ring (bicyclic) bond motifs is 4. The summed E-state index contributed by atoms with van der Waals surface area (Å²) >= 11 is 7.56.